The molecule has 1 saturated heterocycles. The number of nitrogens with zero attached hydrogens (tertiary/aromatic N) is 3. The first-order valence-corrected chi connectivity index (χ1v) is 9.28. The molecule has 2 heterocycles. The third-order valence-electron chi connectivity index (χ3n) is 4.00. The largest absolute Gasteiger partial charge is 0.369 e. The van der Waals surface area contributed by atoms with Crippen LogP contribution in [0.25, 0.3) is 0 Å². The first-order chi connectivity index (χ1) is 11.6. The summed E-state index contributed by atoms with van der Waals surface area (Å²) in [5.74, 6) is 0.820. The predicted molar refractivity (Wildman–Crippen MR) is 118 cm³/mol. The van der Waals surface area contributed by atoms with Gasteiger partial charge in [0.05, 0.1) is 6.54 Å². The SMILES string of the molecule is CN=C(NCc1nc(C)cs1)NC1CCN(c2cccc(Cl)c2)C1.I. The van der Waals surface area contributed by atoms with E-state index in [4.69, 9.17) is 11.6 Å². The number of guanidine groups is 1. The van der Waals surface area contributed by atoms with E-state index < -0.39 is 0 Å². The summed E-state index contributed by atoms with van der Waals surface area (Å²) in [6.07, 6.45) is 1.07. The summed E-state index contributed by atoms with van der Waals surface area (Å²) in [5, 5.41) is 10.7. The van der Waals surface area contributed by atoms with Crippen molar-refractivity contribution in [2.24, 2.45) is 4.99 Å². The fourth-order valence-electron chi connectivity index (χ4n) is 2.82. The molecule has 1 fully saturated rings. The van der Waals surface area contributed by atoms with Gasteiger partial charge in [0.2, 0.25) is 0 Å². The lowest BCUT2D eigenvalue weighted by Crippen LogP contribution is -2.44. The minimum absolute atomic E-state index is 0. The Balaban J connectivity index is 0.00000225. The fourth-order valence-corrected chi connectivity index (χ4v) is 3.71. The van der Waals surface area contributed by atoms with Gasteiger partial charge in [0.1, 0.15) is 5.01 Å². The fraction of sp³-hybridized carbons (Fsp3) is 0.412. The van der Waals surface area contributed by atoms with Gasteiger partial charge in [-0.3, -0.25) is 4.99 Å². The van der Waals surface area contributed by atoms with Gasteiger partial charge in [0, 0.05) is 48.0 Å². The molecule has 0 spiro atoms. The Hall–Kier alpha value is -1.06. The lowest BCUT2D eigenvalue weighted by Gasteiger charge is -2.20. The van der Waals surface area contributed by atoms with Crippen molar-refractivity contribution in [2.45, 2.75) is 25.9 Å². The van der Waals surface area contributed by atoms with Crippen molar-refractivity contribution in [3.63, 3.8) is 0 Å². The van der Waals surface area contributed by atoms with Crippen LogP contribution in [0.5, 0.6) is 0 Å². The standard InChI is InChI=1S/C17H22ClN5S.HI/c1-12-11-24-16(21-12)9-20-17(19-2)22-14-6-7-23(10-14)15-5-3-4-13(18)8-15;/h3-5,8,11,14H,6-7,9-10H2,1-2H3,(H2,19,20,22);1H. The van der Waals surface area contributed by atoms with Crippen LogP contribution < -0.4 is 15.5 Å². The van der Waals surface area contributed by atoms with Crippen molar-refractivity contribution in [3.8, 4) is 0 Å². The van der Waals surface area contributed by atoms with Crippen LogP contribution in [0.15, 0.2) is 34.6 Å². The van der Waals surface area contributed by atoms with E-state index in [9.17, 15) is 0 Å². The smallest absolute Gasteiger partial charge is 0.191 e. The molecule has 0 bridgehead atoms. The molecule has 1 aromatic heterocycles. The van der Waals surface area contributed by atoms with Gasteiger partial charge < -0.3 is 15.5 Å². The third-order valence-corrected chi connectivity index (χ3v) is 5.20. The molecule has 8 heteroatoms. The Labute approximate surface area is 174 Å². The number of aryl methyl sites for hydroxylation is 1. The Morgan fingerprint density at radius 1 is 1.48 bits per heavy atom. The number of benzene rings is 1. The minimum atomic E-state index is 0. The van der Waals surface area contributed by atoms with Crippen LogP contribution >= 0.6 is 46.9 Å². The van der Waals surface area contributed by atoms with Crippen molar-refractivity contribution in [3.05, 3.63) is 45.4 Å². The van der Waals surface area contributed by atoms with Gasteiger partial charge in [0.25, 0.3) is 0 Å². The highest BCUT2D eigenvalue weighted by Crippen LogP contribution is 2.23. The summed E-state index contributed by atoms with van der Waals surface area (Å²) < 4.78 is 0. The van der Waals surface area contributed by atoms with Crippen LogP contribution in [0.2, 0.25) is 5.02 Å². The lowest BCUT2D eigenvalue weighted by molar-refractivity contribution is 0.648. The Bertz CT molecular complexity index is 721. The molecule has 0 aliphatic carbocycles. The summed E-state index contributed by atoms with van der Waals surface area (Å²) >= 11 is 7.76. The molecule has 0 saturated carbocycles. The van der Waals surface area contributed by atoms with Gasteiger partial charge in [0.15, 0.2) is 5.96 Å². The zero-order valence-corrected chi connectivity index (χ0v) is 18.2. The molecular weight excluding hydrogens is 469 g/mol. The molecule has 2 N–H and O–H groups in total. The van der Waals surface area contributed by atoms with E-state index in [1.807, 2.05) is 25.1 Å². The molecule has 25 heavy (non-hydrogen) atoms. The topological polar surface area (TPSA) is 52.6 Å². The predicted octanol–water partition coefficient (Wildman–Crippen LogP) is 3.67. The number of hydrogen-bond acceptors (Lipinski definition) is 4. The van der Waals surface area contributed by atoms with E-state index in [2.05, 4.69) is 37.0 Å². The van der Waals surface area contributed by atoms with Gasteiger partial charge in [-0.15, -0.1) is 35.3 Å². The van der Waals surface area contributed by atoms with Crippen LogP contribution in [0.1, 0.15) is 17.1 Å². The molecule has 2 aromatic rings. The molecule has 0 amide bonds. The zero-order valence-electron chi connectivity index (χ0n) is 14.3. The monoisotopic (exact) mass is 491 g/mol. The van der Waals surface area contributed by atoms with Crippen molar-refractivity contribution in [1.82, 2.24) is 15.6 Å². The molecule has 0 radical (unpaired) electrons. The molecule has 1 aliphatic rings. The number of aliphatic imine (C=N–C) groups is 1. The molecular formula is C17H23ClIN5S. The Morgan fingerprint density at radius 2 is 2.32 bits per heavy atom. The quantitative estimate of drug-likeness (QED) is 0.389. The number of hydrogen-bond donors (Lipinski definition) is 2. The number of nitrogens with one attached hydrogen (secondary N) is 2. The highest BCUT2D eigenvalue weighted by molar-refractivity contribution is 14.0. The highest BCUT2D eigenvalue weighted by Gasteiger charge is 2.23. The van der Waals surface area contributed by atoms with Gasteiger partial charge in [-0.25, -0.2) is 4.98 Å². The molecule has 5 nitrogen and oxygen atoms in total. The highest BCUT2D eigenvalue weighted by atomic mass is 127. The molecule has 3 rings (SSSR count). The van der Waals surface area contributed by atoms with Gasteiger partial charge in [-0.05, 0) is 31.5 Å². The second-order valence-electron chi connectivity index (χ2n) is 5.86. The molecule has 1 atom stereocenters. The first kappa shape index (κ1) is 20.3. The number of thiazole rings is 1. The summed E-state index contributed by atoms with van der Waals surface area (Å²) in [5.41, 5.74) is 2.24. The van der Waals surface area contributed by atoms with Gasteiger partial charge in [-0.1, -0.05) is 17.7 Å². The van der Waals surface area contributed by atoms with Crippen LogP contribution in [-0.2, 0) is 6.54 Å². The third kappa shape index (κ3) is 5.72. The van der Waals surface area contributed by atoms with E-state index in [0.717, 1.165) is 41.2 Å². The molecule has 1 unspecified atom stereocenters. The first-order valence-electron chi connectivity index (χ1n) is 8.03. The normalized spacial score (nSPS) is 17.3. The minimum Gasteiger partial charge on any atom is -0.369 e. The Morgan fingerprint density at radius 3 is 3.00 bits per heavy atom. The second kappa shape index (κ2) is 9.59. The zero-order chi connectivity index (χ0) is 16.9. The average Bonchev–Trinajstić information content (AvgIpc) is 3.20. The van der Waals surface area contributed by atoms with E-state index in [1.54, 1.807) is 18.4 Å². The van der Waals surface area contributed by atoms with Crippen molar-refractivity contribution in [2.75, 3.05) is 25.0 Å². The van der Waals surface area contributed by atoms with E-state index in [1.165, 1.54) is 5.69 Å². The van der Waals surface area contributed by atoms with Gasteiger partial charge >= 0.3 is 0 Å². The van der Waals surface area contributed by atoms with Gasteiger partial charge in [-0.2, -0.15) is 0 Å². The van der Waals surface area contributed by atoms with Crippen molar-refractivity contribution < 1.29 is 0 Å². The maximum Gasteiger partial charge on any atom is 0.191 e. The average molecular weight is 492 g/mol. The van der Waals surface area contributed by atoms with Crippen LogP contribution in [0, 0.1) is 6.92 Å². The van der Waals surface area contributed by atoms with Crippen LogP contribution in [0.4, 0.5) is 5.69 Å². The van der Waals surface area contributed by atoms with Crippen LogP contribution in [0.3, 0.4) is 0 Å². The van der Waals surface area contributed by atoms with Crippen LogP contribution in [-0.4, -0.2) is 37.1 Å². The molecule has 1 aromatic carbocycles. The van der Waals surface area contributed by atoms with E-state index >= 15 is 0 Å². The number of halogens is 2. The number of anilines is 1. The Kier molecular flexibility index (Phi) is 7.77. The number of rotatable bonds is 4. The van der Waals surface area contributed by atoms with E-state index in [-0.39, 0.29) is 24.0 Å². The summed E-state index contributed by atoms with van der Waals surface area (Å²) in [7, 11) is 1.80. The maximum absolute atomic E-state index is 6.09. The molecule has 1 aliphatic heterocycles. The number of aromatic nitrogens is 1. The summed E-state index contributed by atoms with van der Waals surface area (Å²) in [6, 6.07) is 8.39. The molecule has 136 valence electrons. The van der Waals surface area contributed by atoms with E-state index in [0.29, 0.717) is 12.6 Å². The second-order valence-corrected chi connectivity index (χ2v) is 7.24. The summed E-state index contributed by atoms with van der Waals surface area (Å²) in [4.78, 5) is 11.1. The lowest BCUT2D eigenvalue weighted by atomic mass is 10.3. The van der Waals surface area contributed by atoms with Crippen molar-refractivity contribution in [1.29, 1.82) is 0 Å². The summed E-state index contributed by atoms with van der Waals surface area (Å²) in [6.45, 7) is 4.66. The van der Waals surface area contributed by atoms with Crippen molar-refractivity contribution >= 4 is 58.6 Å². The maximum atomic E-state index is 6.09.